The van der Waals surface area contributed by atoms with Crippen LogP contribution in [0.5, 0.6) is 5.75 Å². The van der Waals surface area contributed by atoms with Gasteiger partial charge in [0.15, 0.2) is 0 Å². The zero-order valence-corrected chi connectivity index (χ0v) is 16.5. The third kappa shape index (κ3) is 6.33. The van der Waals surface area contributed by atoms with E-state index in [1.165, 1.54) is 35.8 Å². The molecule has 1 amide bonds. The maximum atomic E-state index is 12.3. The SMILES string of the molecule is O=C(C=C(Sc1ccccc1)Sc1ccccc1)N/N=C\c1ccccc1O. The Morgan fingerprint density at radius 3 is 1.93 bits per heavy atom. The summed E-state index contributed by atoms with van der Waals surface area (Å²) in [5, 5.41) is 13.6. The van der Waals surface area contributed by atoms with Crippen LogP contribution in [0.2, 0.25) is 0 Å². The molecule has 3 rings (SSSR count). The van der Waals surface area contributed by atoms with Gasteiger partial charge in [-0.15, -0.1) is 0 Å². The zero-order chi connectivity index (χ0) is 19.6. The van der Waals surface area contributed by atoms with Crippen LogP contribution in [0.25, 0.3) is 0 Å². The van der Waals surface area contributed by atoms with Gasteiger partial charge < -0.3 is 5.11 Å². The van der Waals surface area contributed by atoms with E-state index in [-0.39, 0.29) is 11.7 Å². The lowest BCUT2D eigenvalue weighted by Gasteiger charge is -2.07. The molecule has 0 aromatic heterocycles. The van der Waals surface area contributed by atoms with Crippen molar-refractivity contribution in [1.29, 1.82) is 0 Å². The Morgan fingerprint density at radius 1 is 0.821 bits per heavy atom. The van der Waals surface area contributed by atoms with Gasteiger partial charge in [-0.25, -0.2) is 5.43 Å². The molecular formula is C22H18N2O2S2. The van der Waals surface area contributed by atoms with Gasteiger partial charge in [0.25, 0.3) is 5.91 Å². The number of benzene rings is 3. The molecule has 0 atom stereocenters. The lowest BCUT2D eigenvalue weighted by atomic mass is 10.2. The molecule has 3 aromatic carbocycles. The number of amides is 1. The second kappa shape index (κ2) is 10.4. The molecule has 0 saturated carbocycles. The molecule has 0 heterocycles. The van der Waals surface area contributed by atoms with Gasteiger partial charge in [0.05, 0.1) is 10.5 Å². The molecule has 140 valence electrons. The minimum atomic E-state index is -0.339. The molecule has 0 radical (unpaired) electrons. The Kier molecular flexibility index (Phi) is 7.35. The zero-order valence-electron chi connectivity index (χ0n) is 14.9. The van der Waals surface area contributed by atoms with Gasteiger partial charge >= 0.3 is 0 Å². The van der Waals surface area contributed by atoms with Crippen molar-refractivity contribution in [2.75, 3.05) is 0 Å². The number of hydrogen-bond donors (Lipinski definition) is 2. The molecule has 3 aromatic rings. The molecule has 0 aliphatic heterocycles. The number of carbonyl (C=O) groups excluding carboxylic acids is 1. The predicted octanol–water partition coefficient (Wildman–Crippen LogP) is 5.27. The molecular weight excluding hydrogens is 388 g/mol. The van der Waals surface area contributed by atoms with Crippen LogP contribution in [0.3, 0.4) is 0 Å². The Morgan fingerprint density at radius 2 is 1.36 bits per heavy atom. The number of nitrogens with one attached hydrogen (secondary N) is 1. The Hall–Kier alpha value is -2.96. The molecule has 0 aliphatic rings. The fourth-order valence-electron chi connectivity index (χ4n) is 2.19. The van der Waals surface area contributed by atoms with Crippen LogP contribution in [0, 0.1) is 0 Å². The van der Waals surface area contributed by atoms with Gasteiger partial charge in [-0.1, -0.05) is 72.1 Å². The highest BCUT2D eigenvalue weighted by Crippen LogP contribution is 2.38. The highest BCUT2D eigenvalue weighted by molar-refractivity contribution is 8.22. The van der Waals surface area contributed by atoms with Gasteiger partial charge in [0.1, 0.15) is 5.75 Å². The van der Waals surface area contributed by atoms with Crippen molar-refractivity contribution in [2.24, 2.45) is 5.10 Å². The van der Waals surface area contributed by atoms with Crippen molar-refractivity contribution >= 4 is 35.6 Å². The molecule has 28 heavy (non-hydrogen) atoms. The van der Waals surface area contributed by atoms with Crippen LogP contribution in [0.4, 0.5) is 0 Å². The third-order valence-electron chi connectivity index (χ3n) is 3.49. The van der Waals surface area contributed by atoms with Crippen LogP contribution in [-0.2, 0) is 4.79 Å². The fraction of sp³-hybridized carbons (Fsp3) is 0. The number of aromatic hydroxyl groups is 1. The number of nitrogens with zero attached hydrogens (tertiary/aromatic N) is 1. The number of phenolic OH excluding ortho intramolecular Hbond substituents is 1. The second-order valence-corrected chi connectivity index (χ2v) is 8.08. The summed E-state index contributed by atoms with van der Waals surface area (Å²) in [7, 11) is 0. The number of phenols is 1. The average molecular weight is 407 g/mol. The first-order valence-corrected chi connectivity index (χ1v) is 10.1. The van der Waals surface area contributed by atoms with Crippen molar-refractivity contribution in [1.82, 2.24) is 5.43 Å². The lowest BCUT2D eigenvalue weighted by molar-refractivity contribution is -0.116. The van der Waals surface area contributed by atoms with Crippen molar-refractivity contribution < 1.29 is 9.90 Å². The van der Waals surface area contributed by atoms with E-state index in [0.717, 1.165) is 14.0 Å². The molecule has 0 unspecified atom stereocenters. The first-order valence-electron chi connectivity index (χ1n) is 8.49. The van der Waals surface area contributed by atoms with Crippen molar-refractivity contribution in [3.8, 4) is 5.75 Å². The molecule has 2 N–H and O–H groups in total. The van der Waals surface area contributed by atoms with Gasteiger partial charge in [-0.3, -0.25) is 4.79 Å². The van der Waals surface area contributed by atoms with Crippen LogP contribution in [0.1, 0.15) is 5.56 Å². The minimum Gasteiger partial charge on any atom is -0.507 e. The highest BCUT2D eigenvalue weighted by Gasteiger charge is 2.07. The summed E-state index contributed by atoms with van der Waals surface area (Å²) in [5.74, 6) is -0.232. The van der Waals surface area contributed by atoms with E-state index in [1.807, 2.05) is 60.7 Å². The molecule has 4 nitrogen and oxygen atoms in total. The lowest BCUT2D eigenvalue weighted by Crippen LogP contribution is -2.14. The number of carbonyl (C=O) groups is 1. The first-order chi connectivity index (χ1) is 13.7. The van der Waals surface area contributed by atoms with E-state index in [1.54, 1.807) is 24.3 Å². The molecule has 0 saturated heterocycles. The maximum Gasteiger partial charge on any atom is 0.265 e. The molecule has 0 spiro atoms. The van der Waals surface area contributed by atoms with E-state index < -0.39 is 0 Å². The smallest absolute Gasteiger partial charge is 0.265 e. The van der Waals surface area contributed by atoms with Crippen molar-refractivity contribution in [3.63, 3.8) is 0 Å². The summed E-state index contributed by atoms with van der Waals surface area (Å²) in [4.78, 5) is 14.4. The Labute approximate surface area is 172 Å². The number of thioether (sulfide) groups is 2. The quantitative estimate of drug-likeness (QED) is 0.243. The minimum absolute atomic E-state index is 0.107. The van der Waals surface area contributed by atoms with E-state index in [4.69, 9.17) is 0 Å². The van der Waals surface area contributed by atoms with Crippen LogP contribution in [-0.4, -0.2) is 17.2 Å². The number of hydrogen-bond acceptors (Lipinski definition) is 5. The molecule has 0 fully saturated rings. The van der Waals surface area contributed by atoms with Gasteiger partial charge in [0, 0.05) is 21.4 Å². The van der Waals surface area contributed by atoms with Gasteiger partial charge in [0.2, 0.25) is 0 Å². The van der Waals surface area contributed by atoms with E-state index in [9.17, 15) is 9.90 Å². The largest absolute Gasteiger partial charge is 0.507 e. The summed E-state index contributed by atoms with van der Waals surface area (Å²) >= 11 is 3.03. The van der Waals surface area contributed by atoms with E-state index in [2.05, 4.69) is 10.5 Å². The van der Waals surface area contributed by atoms with Crippen molar-refractivity contribution in [3.05, 3.63) is 101 Å². The van der Waals surface area contributed by atoms with Crippen LogP contribution in [0.15, 0.2) is 110 Å². The first kappa shape index (κ1) is 19.8. The topological polar surface area (TPSA) is 61.7 Å². The summed E-state index contributed by atoms with van der Waals surface area (Å²) < 4.78 is 0.827. The standard InChI is InChI=1S/C22H18N2O2S2/c25-20-14-8-7-9-17(20)16-23-24-21(26)15-22(27-18-10-3-1-4-11-18)28-19-12-5-2-6-13-19/h1-16,25H,(H,24,26)/b23-16-. The number of para-hydroxylation sites is 1. The Bertz CT molecular complexity index is 931. The molecule has 0 aliphatic carbocycles. The van der Waals surface area contributed by atoms with Gasteiger partial charge in [-0.05, 0) is 36.4 Å². The second-order valence-electron chi connectivity index (χ2n) is 5.59. The monoisotopic (exact) mass is 406 g/mol. The fourth-order valence-corrected chi connectivity index (χ4v) is 4.32. The summed E-state index contributed by atoms with van der Waals surface area (Å²) in [6.45, 7) is 0. The third-order valence-corrected chi connectivity index (χ3v) is 5.64. The molecule has 6 heteroatoms. The summed E-state index contributed by atoms with van der Waals surface area (Å²) in [5.41, 5.74) is 3.01. The Balaban J connectivity index is 1.71. The summed E-state index contributed by atoms with van der Waals surface area (Å²) in [6, 6.07) is 26.5. The van der Waals surface area contributed by atoms with Crippen LogP contribution >= 0.6 is 23.5 Å². The number of hydrazone groups is 1. The van der Waals surface area contributed by atoms with E-state index >= 15 is 0 Å². The summed E-state index contributed by atoms with van der Waals surface area (Å²) in [6.07, 6.45) is 2.94. The highest BCUT2D eigenvalue weighted by atomic mass is 32.2. The van der Waals surface area contributed by atoms with Crippen molar-refractivity contribution in [2.45, 2.75) is 9.79 Å². The maximum absolute atomic E-state index is 12.3. The number of rotatable bonds is 7. The average Bonchev–Trinajstić information content (AvgIpc) is 2.71. The van der Waals surface area contributed by atoms with Gasteiger partial charge in [-0.2, -0.15) is 5.10 Å². The van der Waals surface area contributed by atoms with E-state index in [0.29, 0.717) is 5.56 Å². The predicted molar refractivity (Wildman–Crippen MR) is 117 cm³/mol. The molecule has 0 bridgehead atoms. The van der Waals surface area contributed by atoms with Crippen LogP contribution < -0.4 is 5.43 Å². The normalized spacial score (nSPS) is 10.6.